The molecule has 0 saturated heterocycles. The van der Waals surface area contributed by atoms with Crippen LogP contribution in [0.5, 0.6) is 0 Å². The van der Waals surface area contributed by atoms with Crippen molar-refractivity contribution < 1.29 is 9.59 Å². The van der Waals surface area contributed by atoms with Crippen LogP contribution in [0, 0.1) is 13.8 Å². The Labute approximate surface area is 123 Å². The third-order valence-corrected chi connectivity index (χ3v) is 3.36. The zero-order chi connectivity index (χ0) is 15.6. The molecule has 0 radical (unpaired) electrons. The number of hydrogen-bond donors (Lipinski definition) is 2. The van der Waals surface area contributed by atoms with Crippen LogP contribution >= 0.6 is 0 Å². The van der Waals surface area contributed by atoms with Crippen molar-refractivity contribution in [3.05, 3.63) is 46.6 Å². The number of anilines is 1. The monoisotopic (exact) mass is 286 g/mol. The molecule has 1 aromatic carbocycles. The lowest BCUT2D eigenvalue weighted by Crippen LogP contribution is -2.23. The Bertz CT molecular complexity index is 689. The molecule has 110 valence electrons. The number of benzene rings is 1. The molecule has 0 aliphatic heterocycles. The topological polar surface area (TPSA) is 78.1 Å². The Hall–Kier alpha value is -2.63. The molecule has 1 aromatic heterocycles. The number of nitrogens with zero attached hydrogens (tertiary/aromatic N) is 2. The van der Waals surface area contributed by atoms with E-state index in [2.05, 4.69) is 15.5 Å². The zero-order valence-corrected chi connectivity index (χ0v) is 12.5. The van der Waals surface area contributed by atoms with E-state index >= 15 is 0 Å². The van der Waals surface area contributed by atoms with Crippen LogP contribution in [-0.2, 0) is 0 Å². The van der Waals surface area contributed by atoms with Crippen LogP contribution in [0.15, 0.2) is 24.4 Å². The smallest absolute Gasteiger partial charge is 0.258 e. The molecule has 2 aromatic rings. The van der Waals surface area contributed by atoms with Crippen molar-refractivity contribution in [1.29, 1.82) is 0 Å². The molecule has 6 heteroatoms. The van der Waals surface area contributed by atoms with Crippen molar-refractivity contribution in [1.82, 2.24) is 15.1 Å². The van der Waals surface area contributed by atoms with Crippen molar-refractivity contribution in [2.45, 2.75) is 13.8 Å². The number of hydrogen-bond acceptors (Lipinski definition) is 3. The predicted molar refractivity (Wildman–Crippen MR) is 80.5 cm³/mol. The molecule has 0 spiro atoms. The van der Waals surface area contributed by atoms with Gasteiger partial charge in [-0.3, -0.25) is 14.7 Å². The lowest BCUT2D eigenvalue weighted by Gasteiger charge is -2.12. The van der Waals surface area contributed by atoms with E-state index < -0.39 is 0 Å². The van der Waals surface area contributed by atoms with Crippen LogP contribution in [-0.4, -0.2) is 41.0 Å². The summed E-state index contributed by atoms with van der Waals surface area (Å²) in [4.78, 5) is 25.8. The van der Waals surface area contributed by atoms with Crippen LogP contribution in [0.25, 0.3) is 0 Å². The van der Waals surface area contributed by atoms with Gasteiger partial charge in [-0.15, -0.1) is 0 Å². The second kappa shape index (κ2) is 5.78. The highest BCUT2D eigenvalue weighted by molar-refractivity contribution is 6.08. The molecular formula is C15H18N4O2. The van der Waals surface area contributed by atoms with Gasteiger partial charge in [-0.25, -0.2) is 0 Å². The summed E-state index contributed by atoms with van der Waals surface area (Å²) in [6.07, 6.45) is 1.40. The molecule has 2 N–H and O–H groups in total. The molecule has 0 fully saturated rings. The molecule has 0 aliphatic rings. The van der Waals surface area contributed by atoms with Gasteiger partial charge in [0.05, 0.1) is 6.20 Å². The highest BCUT2D eigenvalue weighted by Gasteiger charge is 2.18. The minimum atomic E-state index is -0.270. The SMILES string of the molecule is Cc1cccc(C(=O)Nc2[nH]ncc2C(=O)N(C)C)c1C. The second-order valence-electron chi connectivity index (χ2n) is 5.06. The number of carbonyl (C=O) groups excluding carboxylic acids is 2. The van der Waals surface area contributed by atoms with E-state index in [1.807, 2.05) is 26.0 Å². The van der Waals surface area contributed by atoms with Gasteiger partial charge in [-0.05, 0) is 31.0 Å². The number of H-pyrrole nitrogens is 1. The molecular weight excluding hydrogens is 268 g/mol. The first kappa shape index (κ1) is 14.8. The fourth-order valence-corrected chi connectivity index (χ4v) is 1.96. The van der Waals surface area contributed by atoms with Crippen molar-refractivity contribution in [2.24, 2.45) is 0 Å². The molecule has 21 heavy (non-hydrogen) atoms. The van der Waals surface area contributed by atoms with E-state index in [1.165, 1.54) is 11.1 Å². The van der Waals surface area contributed by atoms with Crippen LogP contribution in [0.4, 0.5) is 5.82 Å². The highest BCUT2D eigenvalue weighted by Crippen LogP contribution is 2.17. The summed E-state index contributed by atoms with van der Waals surface area (Å²) in [6.45, 7) is 3.84. The van der Waals surface area contributed by atoms with Gasteiger partial charge in [-0.2, -0.15) is 5.10 Å². The Balaban J connectivity index is 2.27. The van der Waals surface area contributed by atoms with Gasteiger partial charge in [0, 0.05) is 19.7 Å². The maximum Gasteiger partial charge on any atom is 0.258 e. The van der Waals surface area contributed by atoms with E-state index in [4.69, 9.17) is 0 Å². The third-order valence-electron chi connectivity index (χ3n) is 3.36. The number of carbonyl (C=O) groups is 2. The number of amides is 2. The standard InChI is InChI=1S/C15H18N4O2/c1-9-6-5-7-11(10(9)2)14(20)17-13-12(8-16-18-13)15(21)19(3)4/h5-8H,1-4H3,(H2,16,17,18,20). The maximum atomic E-state index is 12.3. The Morgan fingerprint density at radius 1 is 1.19 bits per heavy atom. The molecule has 0 bridgehead atoms. The number of aromatic nitrogens is 2. The molecule has 1 heterocycles. The van der Waals surface area contributed by atoms with Crippen molar-refractivity contribution >= 4 is 17.6 Å². The molecule has 6 nitrogen and oxygen atoms in total. The Morgan fingerprint density at radius 2 is 1.90 bits per heavy atom. The van der Waals surface area contributed by atoms with Crippen LogP contribution in [0.2, 0.25) is 0 Å². The average molecular weight is 286 g/mol. The average Bonchev–Trinajstić information content (AvgIpc) is 2.88. The van der Waals surface area contributed by atoms with Crippen LogP contribution < -0.4 is 5.32 Å². The van der Waals surface area contributed by atoms with E-state index in [9.17, 15) is 9.59 Å². The first-order chi connectivity index (χ1) is 9.91. The Kier molecular flexibility index (Phi) is 4.07. The quantitative estimate of drug-likeness (QED) is 0.905. The molecule has 0 unspecified atom stereocenters. The van der Waals surface area contributed by atoms with Crippen LogP contribution in [0.3, 0.4) is 0 Å². The van der Waals surface area contributed by atoms with Crippen LogP contribution in [0.1, 0.15) is 31.8 Å². The summed E-state index contributed by atoms with van der Waals surface area (Å²) in [5.41, 5.74) is 2.86. The highest BCUT2D eigenvalue weighted by atomic mass is 16.2. The number of nitrogens with one attached hydrogen (secondary N) is 2. The van der Waals surface area contributed by atoms with E-state index in [0.29, 0.717) is 16.9 Å². The lowest BCUT2D eigenvalue weighted by atomic mass is 10.0. The van der Waals surface area contributed by atoms with Crippen molar-refractivity contribution in [3.63, 3.8) is 0 Å². The van der Waals surface area contributed by atoms with Gasteiger partial charge in [0.25, 0.3) is 11.8 Å². The van der Waals surface area contributed by atoms with Gasteiger partial charge in [-0.1, -0.05) is 12.1 Å². The summed E-state index contributed by atoms with van der Waals surface area (Å²) in [7, 11) is 3.29. The number of aryl methyl sites for hydroxylation is 1. The fourth-order valence-electron chi connectivity index (χ4n) is 1.96. The minimum Gasteiger partial charge on any atom is -0.345 e. The maximum absolute atomic E-state index is 12.3. The van der Waals surface area contributed by atoms with Gasteiger partial charge in [0.2, 0.25) is 0 Å². The number of rotatable bonds is 3. The molecule has 0 atom stereocenters. The first-order valence-electron chi connectivity index (χ1n) is 6.54. The van der Waals surface area contributed by atoms with Gasteiger partial charge in [0.1, 0.15) is 11.4 Å². The summed E-state index contributed by atoms with van der Waals surface area (Å²) in [5, 5.41) is 9.18. The van der Waals surface area contributed by atoms with Crippen molar-refractivity contribution in [2.75, 3.05) is 19.4 Å². The number of aromatic amines is 1. The van der Waals surface area contributed by atoms with E-state index in [0.717, 1.165) is 11.1 Å². The van der Waals surface area contributed by atoms with Gasteiger partial charge >= 0.3 is 0 Å². The molecule has 2 amide bonds. The van der Waals surface area contributed by atoms with Gasteiger partial charge < -0.3 is 10.2 Å². The predicted octanol–water partition coefficient (Wildman–Crippen LogP) is 1.98. The largest absolute Gasteiger partial charge is 0.345 e. The fraction of sp³-hybridized carbons (Fsp3) is 0.267. The molecule has 2 rings (SSSR count). The van der Waals surface area contributed by atoms with E-state index in [-0.39, 0.29) is 11.8 Å². The summed E-state index contributed by atoms with van der Waals surface area (Å²) in [5.74, 6) is -0.187. The third kappa shape index (κ3) is 2.94. The Morgan fingerprint density at radius 3 is 2.57 bits per heavy atom. The summed E-state index contributed by atoms with van der Waals surface area (Å²) in [6, 6.07) is 5.53. The lowest BCUT2D eigenvalue weighted by molar-refractivity contribution is 0.0828. The van der Waals surface area contributed by atoms with E-state index in [1.54, 1.807) is 20.2 Å². The summed E-state index contributed by atoms with van der Waals surface area (Å²) >= 11 is 0. The minimum absolute atomic E-state index is 0.222. The first-order valence-corrected chi connectivity index (χ1v) is 6.54. The normalized spacial score (nSPS) is 10.3. The molecule has 0 aliphatic carbocycles. The second-order valence-corrected chi connectivity index (χ2v) is 5.06. The zero-order valence-electron chi connectivity index (χ0n) is 12.5. The summed E-state index contributed by atoms with van der Waals surface area (Å²) < 4.78 is 0. The van der Waals surface area contributed by atoms with Gasteiger partial charge in [0.15, 0.2) is 0 Å². The molecule has 0 saturated carbocycles. The van der Waals surface area contributed by atoms with Crippen molar-refractivity contribution in [3.8, 4) is 0 Å².